The Labute approximate surface area is 235 Å². The van der Waals surface area contributed by atoms with Crippen molar-refractivity contribution in [3.63, 3.8) is 0 Å². The van der Waals surface area contributed by atoms with Gasteiger partial charge in [-0.25, -0.2) is 14.4 Å². The molecule has 2 aromatic carbocycles. The van der Waals surface area contributed by atoms with Crippen LogP contribution in [0.15, 0.2) is 48.8 Å². The first-order valence-electron chi connectivity index (χ1n) is 13.0. The van der Waals surface area contributed by atoms with Gasteiger partial charge in [0.1, 0.15) is 12.1 Å². The van der Waals surface area contributed by atoms with Crippen LogP contribution in [0.1, 0.15) is 12.0 Å². The van der Waals surface area contributed by atoms with Crippen molar-refractivity contribution in [2.75, 3.05) is 50.0 Å². The number of hydrogen-bond acceptors (Lipinski definition) is 7. The standard InChI is InChI=1S/C29H26ClFN6O3/c30-21-3-1-4-22(26(21)31)36-27-19-14-23(35-25(38)5-2-8-37-9-11-40-12-10-37)18(13-24(19)33-17-34-27)6-7-29-15-20(29)28(39)32-16-29/h1-5,13-14,17,20H,8-12,15-16H2,(H,32,39)(H,35,38)(H,33,34,36)/b5-2+/t20-,29+/m1/s1. The van der Waals surface area contributed by atoms with Gasteiger partial charge in [-0.15, -0.1) is 0 Å². The van der Waals surface area contributed by atoms with E-state index in [-0.39, 0.29) is 33.9 Å². The number of carbonyl (C=O) groups excluding carboxylic acids is 2. The molecule has 9 nitrogen and oxygen atoms in total. The fourth-order valence-electron chi connectivity index (χ4n) is 4.99. The van der Waals surface area contributed by atoms with Crippen molar-refractivity contribution in [3.8, 4) is 11.8 Å². The van der Waals surface area contributed by atoms with Gasteiger partial charge in [0.15, 0.2) is 5.82 Å². The molecule has 0 spiro atoms. The Morgan fingerprint density at radius 2 is 2.12 bits per heavy atom. The molecule has 2 aliphatic heterocycles. The second-order valence-electron chi connectivity index (χ2n) is 10.0. The van der Waals surface area contributed by atoms with Gasteiger partial charge in [-0.3, -0.25) is 14.5 Å². The van der Waals surface area contributed by atoms with Crippen molar-refractivity contribution in [3.05, 3.63) is 65.2 Å². The van der Waals surface area contributed by atoms with Crippen LogP contribution in [0.5, 0.6) is 0 Å². The first-order valence-corrected chi connectivity index (χ1v) is 13.4. The Balaban J connectivity index is 1.32. The van der Waals surface area contributed by atoms with Crippen LogP contribution in [0.2, 0.25) is 5.02 Å². The van der Waals surface area contributed by atoms with E-state index < -0.39 is 5.82 Å². The van der Waals surface area contributed by atoms with Gasteiger partial charge < -0.3 is 20.7 Å². The Morgan fingerprint density at radius 1 is 1.27 bits per heavy atom. The van der Waals surface area contributed by atoms with Crippen LogP contribution >= 0.6 is 11.6 Å². The Kier molecular flexibility index (Phi) is 7.11. The average Bonchev–Trinajstić information content (AvgIpc) is 3.60. The highest BCUT2D eigenvalue weighted by Crippen LogP contribution is 2.55. The molecule has 6 rings (SSSR count). The highest BCUT2D eigenvalue weighted by molar-refractivity contribution is 6.31. The number of nitrogens with one attached hydrogen (secondary N) is 3. The number of anilines is 3. The van der Waals surface area contributed by atoms with E-state index >= 15 is 0 Å². The molecule has 3 aromatic rings. The lowest BCUT2D eigenvalue weighted by Gasteiger charge is -2.25. The molecule has 3 heterocycles. The van der Waals surface area contributed by atoms with E-state index in [1.165, 1.54) is 18.5 Å². The van der Waals surface area contributed by atoms with E-state index in [9.17, 15) is 14.0 Å². The molecular weight excluding hydrogens is 535 g/mol. The van der Waals surface area contributed by atoms with Crippen LogP contribution in [0, 0.1) is 29.0 Å². The fourth-order valence-corrected chi connectivity index (χ4v) is 5.17. The van der Waals surface area contributed by atoms with E-state index in [1.54, 1.807) is 24.3 Å². The minimum atomic E-state index is -0.602. The largest absolute Gasteiger partial charge is 0.379 e. The molecule has 204 valence electrons. The molecule has 2 amide bonds. The lowest BCUT2D eigenvalue weighted by atomic mass is 10.0. The van der Waals surface area contributed by atoms with E-state index in [2.05, 4.69) is 42.7 Å². The summed E-state index contributed by atoms with van der Waals surface area (Å²) in [5.41, 5.74) is 1.35. The highest BCUT2D eigenvalue weighted by atomic mass is 35.5. The Hall–Kier alpha value is -4.04. The smallest absolute Gasteiger partial charge is 0.248 e. The summed E-state index contributed by atoms with van der Waals surface area (Å²) in [6, 6.07) is 8.13. The number of nitrogens with zero attached hydrogens (tertiary/aromatic N) is 3. The van der Waals surface area contributed by atoms with Gasteiger partial charge in [0.05, 0.1) is 52.0 Å². The third-order valence-corrected chi connectivity index (χ3v) is 7.68. The summed E-state index contributed by atoms with van der Waals surface area (Å²) in [6.07, 6.45) is 5.40. The molecule has 2 saturated heterocycles. The molecule has 0 bridgehead atoms. The summed E-state index contributed by atoms with van der Waals surface area (Å²) in [5, 5.41) is 9.31. The second kappa shape index (κ2) is 10.8. The van der Waals surface area contributed by atoms with Crippen LogP contribution in [-0.4, -0.2) is 66.1 Å². The number of hydrogen-bond donors (Lipinski definition) is 3. The lowest BCUT2D eigenvalue weighted by Crippen LogP contribution is -2.36. The zero-order valence-corrected chi connectivity index (χ0v) is 22.2. The monoisotopic (exact) mass is 560 g/mol. The van der Waals surface area contributed by atoms with Crippen LogP contribution in [-0.2, 0) is 14.3 Å². The maximum atomic E-state index is 14.6. The summed E-state index contributed by atoms with van der Waals surface area (Å²) in [7, 11) is 0. The van der Waals surface area contributed by atoms with Crippen molar-refractivity contribution in [2.45, 2.75) is 6.42 Å². The van der Waals surface area contributed by atoms with Crippen molar-refractivity contribution >= 4 is 51.5 Å². The molecule has 2 atom stereocenters. The van der Waals surface area contributed by atoms with Crippen molar-refractivity contribution < 1.29 is 18.7 Å². The van der Waals surface area contributed by atoms with Gasteiger partial charge in [-0.1, -0.05) is 35.6 Å². The quantitative estimate of drug-likeness (QED) is 0.313. The maximum Gasteiger partial charge on any atom is 0.248 e. The molecule has 0 radical (unpaired) electrons. The van der Waals surface area contributed by atoms with Gasteiger partial charge in [-0.2, -0.15) is 0 Å². The Morgan fingerprint density at radius 3 is 2.90 bits per heavy atom. The number of fused-ring (bicyclic) bond motifs is 2. The van der Waals surface area contributed by atoms with Gasteiger partial charge >= 0.3 is 0 Å². The van der Waals surface area contributed by atoms with Crippen LogP contribution < -0.4 is 16.0 Å². The number of aromatic nitrogens is 2. The summed E-state index contributed by atoms with van der Waals surface area (Å²) < 4.78 is 20.0. The van der Waals surface area contributed by atoms with Gasteiger partial charge in [-0.05, 0) is 30.7 Å². The number of halogens is 2. The van der Waals surface area contributed by atoms with Crippen molar-refractivity contribution in [1.29, 1.82) is 0 Å². The van der Waals surface area contributed by atoms with E-state index in [0.29, 0.717) is 54.3 Å². The van der Waals surface area contributed by atoms with E-state index in [0.717, 1.165) is 19.5 Å². The molecule has 11 heteroatoms. The summed E-state index contributed by atoms with van der Waals surface area (Å²) in [4.78, 5) is 35.8. The summed E-state index contributed by atoms with van der Waals surface area (Å²) in [6.45, 7) is 4.16. The first-order chi connectivity index (χ1) is 19.4. The maximum absolute atomic E-state index is 14.6. The molecule has 3 aliphatic rings. The molecule has 1 saturated carbocycles. The topological polar surface area (TPSA) is 108 Å². The molecule has 1 aromatic heterocycles. The van der Waals surface area contributed by atoms with Crippen molar-refractivity contribution in [2.24, 2.45) is 11.3 Å². The zero-order chi connectivity index (χ0) is 27.7. The lowest BCUT2D eigenvalue weighted by molar-refractivity contribution is -0.120. The van der Waals surface area contributed by atoms with Gasteiger partial charge in [0.25, 0.3) is 0 Å². The van der Waals surface area contributed by atoms with Crippen LogP contribution in [0.4, 0.5) is 21.6 Å². The second-order valence-corrected chi connectivity index (χ2v) is 10.5. The third-order valence-electron chi connectivity index (χ3n) is 7.39. The highest BCUT2D eigenvalue weighted by Gasteiger charge is 2.61. The molecule has 40 heavy (non-hydrogen) atoms. The number of benzene rings is 2. The number of piperidine rings is 1. The normalized spacial score (nSPS) is 21.9. The van der Waals surface area contributed by atoms with Gasteiger partial charge in [0, 0.05) is 37.6 Å². The summed E-state index contributed by atoms with van der Waals surface area (Å²) >= 11 is 5.95. The van der Waals surface area contributed by atoms with Crippen LogP contribution in [0.3, 0.4) is 0 Å². The average molecular weight is 561 g/mol. The van der Waals surface area contributed by atoms with Crippen LogP contribution in [0.25, 0.3) is 10.9 Å². The van der Waals surface area contributed by atoms with Gasteiger partial charge in [0.2, 0.25) is 11.8 Å². The molecule has 3 N–H and O–H groups in total. The van der Waals surface area contributed by atoms with E-state index in [4.69, 9.17) is 16.3 Å². The van der Waals surface area contributed by atoms with E-state index in [1.807, 2.05) is 6.08 Å². The first kappa shape index (κ1) is 26.2. The SMILES string of the molecule is O=C(/C=C/CN1CCOCC1)Nc1cc2c(Nc3cccc(Cl)c3F)ncnc2cc1C#C[C@]12CNC(=O)[C@H]1C2. The van der Waals surface area contributed by atoms with Crippen molar-refractivity contribution in [1.82, 2.24) is 20.2 Å². The predicted molar refractivity (Wildman–Crippen MR) is 150 cm³/mol. The number of rotatable bonds is 6. The zero-order valence-electron chi connectivity index (χ0n) is 21.5. The fraction of sp³-hybridized carbons (Fsp3) is 0.310. The molecule has 3 fully saturated rings. The molecule has 0 unspecified atom stereocenters. The predicted octanol–water partition coefficient (Wildman–Crippen LogP) is 3.48. The minimum absolute atomic E-state index is 0.0182. The molecule has 1 aliphatic carbocycles. The summed E-state index contributed by atoms with van der Waals surface area (Å²) in [5.74, 6) is 5.82. The third kappa shape index (κ3) is 5.36. The number of ether oxygens (including phenoxy) is 1. The number of amides is 2. The number of carbonyl (C=O) groups is 2. The Bertz CT molecular complexity index is 1600. The minimum Gasteiger partial charge on any atom is -0.379 e. The number of morpholine rings is 1. The molecular formula is C29H26ClFN6O3.